The SMILES string of the molecule is CCc1nnc(NS(=O)(=O)c2ccc(N/C=C/C(=O)c3ccc4ccccc4c3)cc2)s1. The smallest absolute Gasteiger partial charge is 0.263 e. The molecule has 0 unspecified atom stereocenters. The molecule has 4 aromatic rings. The maximum Gasteiger partial charge on any atom is 0.263 e. The first-order valence-corrected chi connectivity index (χ1v) is 12.2. The molecular formula is C23H20N4O3S2. The molecule has 1 heterocycles. The maximum atomic E-state index is 12.5. The molecule has 0 aliphatic heterocycles. The van der Waals surface area contributed by atoms with Crippen molar-refractivity contribution in [2.24, 2.45) is 0 Å². The van der Waals surface area contributed by atoms with Crippen molar-refractivity contribution in [1.82, 2.24) is 10.2 Å². The lowest BCUT2D eigenvalue weighted by atomic mass is 10.0. The summed E-state index contributed by atoms with van der Waals surface area (Å²) < 4.78 is 27.5. The molecule has 4 rings (SSSR count). The number of ketones is 1. The van der Waals surface area contributed by atoms with E-state index in [4.69, 9.17) is 0 Å². The Morgan fingerprint density at radius 2 is 1.75 bits per heavy atom. The van der Waals surface area contributed by atoms with E-state index >= 15 is 0 Å². The lowest BCUT2D eigenvalue weighted by molar-refractivity contribution is 0.104. The number of allylic oxidation sites excluding steroid dienone is 1. The molecule has 0 radical (unpaired) electrons. The van der Waals surface area contributed by atoms with E-state index in [0.717, 1.165) is 15.8 Å². The average molecular weight is 465 g/mol. The number of benzene rings is 3. The summed E-state index contributed by atoms with van der Waals surface area (Å²) in [4.78, 5) is 12.5. The number of carbonyl (C=O) groups excluding carboxylic acids is 1. The molecule has 0 saturated heterocycles. The number of anilines is 2. The third-order valence-corrected chi connectivity index (χ3v) is 7.14. The Bertz CT molecular complexity index is 1390. The van der Waals surface area contributed by atoms with Crippen LogP contribution in [0.4, 0.5) is 10.8 Å². The van der Waals surface area contributed by atoms with Crippen LogP contribution in [0, 0.1) is 0 Å². The Morgan fingerprint density at radius 3 is 2.47 bits per heavy atom. The van der Waals surface area contributed by atoms with Gasteiger partial charge in [-0.25, -0.2) is 8.42 Å². The molecular weight excluding hydrogens is 444 g/mol. The lowest BCUT2D eigenvalue weighted by Gasteiger charge is -2.06. The first-order chi connectivity index (χ1) is 15.4. The largest absolute Gasteiger partial charge is 0.362 e. The van der Waals surface area contributed by atoms with Crippen molar-refractivity contribution >= 4 is 48.7 Å². The third kappa shape index (κ3) is 5.01. The fourth-order valence-corrected chi connectivity index (χ4v) is 4.90. The van der Waals surface area contributed by atoms with Crippen LogP contribution < -0.4 is 10.0 Å². The van der Waals surface area contributed by atoms with Gasteiger partial charge in [0.1, 0.15) is 5.01 Å². The second kappa shape index (κ2) is 9.29. The molecule has 0 atom stereocenters. The highest BCUT2D eigenvalue weighted by molar-refractivity contribution is 7.93. The summed E-state index contributed by atoms with van der Waals surface area (Å²) in [5.74, 6) is -0.129. The number of hydrogen-bond donors (Lipinski definition) is 2. The number of nitrogens with zero attached hydrogens (tertiary/aromatic N) is 2. The van der Waals surface area contributed by atoms with E-state index in [1.165, 1.54) is 35.7 Å². The monoisotopic (exact) mass is 464 g/mol. The van der Waals surface area contributed by atoms with Crippen molar-refractivity contribution in [3.05, 3.63) is 89.6 Å². The zero-order valence-corrected chi connectivity index (χ0v) is 18.8. The molecule has 9 heteroatoms. The van der Waals surface area contributed by atoms with E-state index in [2.05, 4.69) is 20.2 Å². The molecule has 3 aromatic carbocycles. The molecule has 32 heavy (non-hydrogen) atoms. The Labute approximate surface area is 189 Å². The quantitative estimate of drug-likeness (QED) is 0.285. The minimum absolute atomic E-state index is 0.104. The van der Waals surface area contributed by atoms with Gasteiger partial charge in [-0.1, -0.05) is 54.7 Å². The standard InChI is InChI=1S/C23H20N4O3S2/c1-2-22-25-26-23(31-22)27-32(29,30)20-11-9-19(10-12-20)24-14-13-21(28)18-8-7-16-5-3-4-6-17(16)15-18/h3-15,24H,2H2,1H3,(H,26,27)/b14-13+. The van der Waals surface area contributed by atoms with E-state index in [0.29, 0.717) is 17.7 Å². The molecule has 7 nitrogen and oxygen atoms in total. The zero-order chi connectivity index (χ0) is 22.6. The van der Waals surface area contributed by atoms with Crippen molar-refractivity contribution < 1.29 is 13.2 Å². The summed E-state index contributed by atoms with van der Waals surface area (Å²) in [5, 5.41) is 13.8. The highest BCUT2D eigenvalue weighted by atomic mass is 32.2. The van der Waals surface area contributed by atoms with Crippen molar-refractivity contribution in [3.63, 3.8) is 0 Å². The molecule has 2 N–H and O–H groups in total. The summed E-state index contributed by atoms with van der Waals surface area (Å²) >= 11 is 1.20. The van der Waals surface area contributed by atoms with Crippen molar-refractivity contribution in [3.8, 4) is 0 Å². The number of fused-ring (bicyclic) bond motifs is 1. The van der Waals surface area contributed by atoms with Crippen LogP contribution in [0.3, 0.4) is 0 Å². The van der Waals surface area contributed by atoms with Gasteiger partial charge in [0.2, 0.25) is 5.13 Å². The van der Waals surface area contributed by atoms with E-state index in [1.54, 1.807) is 18.2 Å². The summed E-state index contributed by atoms with van der Waals surface area (Å²) in [6.45, 7) is 1.92. The van der Waals surface area contributed by atoms with Crippen LogP contribution >= 0.6 is 11.3 Å². The Balaban J connectivity index is 1.39. The molecule has 0 amide bonds. The van der Waals surface area contributed by atoms with Crippen molar-refractivity contribution in [1.29, 1.82) is 0 Å². The summed E-state index contributed by atoms with van der Waals surface area (Å²) in [6.07, 6.45) is 3.67. The van der Waals surface area contributed by atoms with Crippen LogP contribution in [-0.2, 0) is 16.4 Å². The Morgan fingerprint density at radius 1 is 1.00 bits per heavy atom. The number of rotatable bonds is 8. The highest BCUT2D eigenvalue weighted by Gasteiger charge is 2.16. The Kier molecular flexibility index (Phi) is 6.29. The van der Waals surface area contributed by atoms with Gasteiger partial charge in [0, 0.05) is 23.5 Å². The van der Waals surface area contributed by atoms with Gasteiger partial charge in [0.15, 0.2) is 5.78 Å². The predicted molar refractivity (Wildman–Crippen MR) is 128 cm³/mol. The van der Waals surface area contributed by atoms with Gasteiger partial charge in [0.05, 0.1) is 4.90 Å². The second-order valence-corrected chi connectivity index (χ2v) is 9.63. The van der Waals surface area contributed by atoms with E-state index in [9.17, 15) is 13.2 Å². The number of aryl methyl sites for hydroxylation is 1. The molecule has 0 aliphatic carbocycles. The molecule has 1 aromatic heterocycles. The number of carbonyl (C=O) groups is 1. The highest BCUT2D eigenvalue weighted by Crippen LogP contribution is 2.21. The average Bonchev–Trinajstić information content (AvgIpc) is 3.26. The summed E-state index contributed by atoms with van der Waals surface area (Å²) in [7, 11) is -3.75. The minimum atomic E-state index is -3.75. The topological polar surface area (TPSA) is 101 Å². The van der Waals surface area contributed by atoms with Crippen LogP contribution in [0.5, 0.6) is 0 Å². The van der Waals surface area contributed by atoms with Crippen LogP contribution in [0.25, 0.3) is 10.8 Å². The fourth-order valence-electron chi connectivity index (χ4n) is 2.99. The number of sulfonamides is 1. The number of aromatic nitrogens is 2. The van der Waals surface area contributed by atoms with Crippen LogP contribution in [-0.4, -0.2) is 24.4 Å². The van der Waals surface area contributed by atoms with E-state index in [-0.39, 0.29) is 15.8 Å². The van der Waals surface area contributed by atoms with Crippen molar-refractivity contribution in [2.45, 2.75) is 18.2 Å². The predicted octanol–water partition coefficient (Wildman–Crippen LogP) is 4.86. The third-order valence-electron chi connectivity index (χ3n) is 4.67. The summed E-state index contributed by atoms with van der Waals surface area (Å²) in [5.41, 5.74) is 1.24. The molecule has 0 fully saturated rings. The molecule has 0 bridgehead atoms. The number of nitrogens with one attached hydrogen (secondary N) is 2. The lowest BCUT2D eigenvalue weighted by Crippen LogP contribution is -2.12. The van der Waals surface area contributed by atoms with Gasteiger partial charge >= 0.3 is 0 Å². The maximum absolute atomic E-state index is 12.5. The zero-order valence-electron chi connectivity index (χ0n) is 17.1. The van der Waals surface area contributed by atoms with E-state index < -0.39 is 10.0 Å². The van der Waals surface area contributed by atoms with Gasteiger partial charge < -0.3 is 5.32 Å². The van der Waals surface area contributed by atoms with Crippen LogP contribution in [0.2, 0.25) is 0 Å². The first-order valence-electron chi connectivity index (χ1n) is 9.86. The molecule has 0 aliphatic rings. The first kappa shape index (κ1) is 21.7. The van der Waals surface area contributed by atoms with Crippen LogP contribution in [0.15, 0.2) is 83.9 Å². The number of hydrogen-bond acceptors (Lipinski definition) is 7. The minimum Gasteiger partial charge on any atom is -0.362 e. The van der Waals surface area contributed by atoms with E-state index in [1.807, 2.05) is 43.3 Å². The van der Waals surface area contributed by atoms with Gasteiger partial charge in [-0.05, 0) is 47.5 Å². The molecule has 0 spiro atoms. The normalized spacial score (nSPS) is 11.7. The summed E-state index contributed by atoms with van der Waals surface area (Å²) in [6, 6.07) is 19.6. The van der Waals surface area contributed by atoms with Gasteiger partial charge in [0.25, 0.3) is 10.0 Å². The van der Waals surface area contributed by atoms with Gasteiger partial charge in [-0.3, -0.25) is 9.52 Å². The van der Waals surface area contributed by atoms with Gasteiger partial charge in [-0.15, -0.1) is 10.2 Å². The molecule has 162 valence electrons. The Hall–Kier alpha value is -3.56. The molecule has 0 saturated carbocycles. The van der Waals surface area contributed by atoms with Crippen molar-refractivity contribution in [2.75, 3.05) is 10.0 Å². The van der Waals surface area contributed by atoms with Crippen LogP contribution in [0.1, 0.15) is 22.3 Å². The fraction of sp³-hybridized carbons (Fsp3) is 0.0870. The van der Waals surface area contributed by atoms with Gasteiger partial charge in [-0.2, -0.15) is 0 Å². The second-order valence-electron chi connectivity index (χ2n) is 6.89.